The number of carbonyl (C=O) groups is 1. The van der Waals surface area contributed by atoms with Crippen molar-refractivity contribution in [3.63, 3.8) is 0 Å². The Labute approximate surface area is 176 Å². The van der Waals surface area contributed by atoms with Gasteiger partial charge in [-0.05, 0) is 37.2 Å². The Hall–Kier alpha value is -2.28. The van der Waals surface area contributed by atoms with Crippen LogP contribution in [0.1, 0.15) is 16.1 Å². The fourth-order valence-electron chi connectivity index (χ4n) is 3.79. The van der Waals surface area contributed by atoms with E-state index < -0.39 is 0 Å². The Bertz CT molecular complexity index is 945. The first-order valence-electron chi connectivity index (χ1n) is 10.2. The third-order valence-electron chi connectivity index (χ3n) is 5.53. The fourth-order valence-corrected chi connectivity index (χ4v) is 4.84. The van der Waals surface area contributed by atoms with Crippen molar-refractivity contribution in [2.75, 3.05) is 39.8 Å². The van der Waals surface area contributed by atoms with E-state index in [9.17, 15) is 4.79 Å². The predicted molar refractivity (Wildman–Crippen MR) is 119 cm³/mol. The average molecular weight is 409 g/mol. The Morgan fingerprint density at radius 3 is 2.55 bits per heavy atom. The maximum atomic E-state index is 12.7. The molecule has 4 rings (SSSR count). The lowest BCUT2D eigenvalue weighted by molar-refractivity contribution is -0.134. The van der Waals surface area contributed by atoms with Crippen LogP contribution in [0.15, 0.2) is 48.5 Å². The van der Waals surface area contributed by atoms with Crippen LogP contribution in [0.25, 0.3) is 10.2 Å². The molecular formula is C23H28N4OS. The van der Waals surface area contributed by atoms with Crippen LogP contribution in [0.5, 0.6) is 0 Å². The zero-order chi connectivity index (χ0) is 20.2. The van der Waals surface area contributed by atoms with Gasteiger partial charge in [0.15, 0.2) is 0 Å². The summed E-state index contributed by atoms with van der Waals surface area (Å²) >= 11 is 1.71. The molecule has 2 heterocycles. The fraction of sp³-hybridized carbons (Fsp3) is 0.391. The van der Waals surface area contributed by atoms with Crippen molar-refractivity contribution >= 4 is 27.5 Å². The topological polar surface area (TPSA) is 39.7 Å². The Morgan fingerprint density at radius 2 is 1.79 bits per heavy atom. The van der Waals surface area contributed by atoms with Crippen molar-refractivity contribution in [1.82, 2.24) is 19.7 Å². The zero-order valence-corrected chi connectivity index (χ0v) is 18.0. The Kier molecular flexibility index (Phi) is 6.23. The van der Waals surface area contributed by atoms with E-state index in [1.54, 1.807) is 11.3 Å². The molecule has 1 aliphatic rings. The van der Waals surface area contributed by atoms with Gasteiger partial charge in [-0.2, -0.15) is 0 Å². The summed E-state index contributed by atoms with van der Waals surface area (Å²) in [6.45, 7) is 7.75. The summed E-state index contributed by atoms with van der Waals surface area (Å²) < 4.78 is 1.20. The molecule has 3 aromatic rings. The summed E-state index contributed by atoms with van der Waals surface area (Å²) in [4.78, 5) is 23.9. The predicted octanol–water partition coefficient (Wildman–Crippen LogP) is 3.38. The maximum Gasteiger partial charge on any atom is 0.236 e. The van der Waals surface area contributed by atoms with Crippen LogP contribution in [0.2, 0.25) is 0 Å². The van der Waals surface area contributed by atoms with E-state index >= 15 is 0 Å². The van der Waals surface area contributed by atoms with Gasteiger partial charge in [0.1, 0.15) is 5.01 Å². The number of amides is 1. The minimum Gasteiger partial charge on any atom is -0.339 e. The van der Waals surface area contributed by atoms with Crippen molar-refractivity contribution in [2.24, 2.45) is 0 Å². The van der Waals surface area contributed by atoms with Crippen molar-refractivity contribution in [1.29, 1.82) is 0 Å². The molecule has 1 aliphatic heterocycles. The smallest absolute Gasteiger partial charge is 0.236 e. The molecule has 2 aromatic carbocycles. The lowest BCUT2D eigenvalue weighted by Crippen LogP contribution is -2.50. The van der Waals surface area contributed by atoms with E-state index in [1.165, 1.54) is 15.8 Å². The van der Waals surface area contributed by atoms with Crippen LogP contribution < -0.4 is 0 Å². The first-order chi connectivity index (χ1) is 14.1. The van der Waals surface area contributed by atoms with Crippen molar-refractivity contribution in [3.05, 3.63) is 64.7 Å². The van der Waals surface area contributed by atoms with E-state index in [2.05, 4.69) is 52.0 Å². The number of fused-ring (bicyclic) bond motifs is 1. The third-order valence-corrected chi connectivity index (χ3v) is 6.55. The van der Waals surface area contributed by atoms with Gasteiger partial charge in [-0.15, -0.1) is 11.3 Å². The second kappa shape index (κ2) is 9.03. The van der Waals surface area contributed by atoms with Crippen LogP contribution in [-0.2, 0) is 17.9 Å². The number of hydrogen-bond donors (Lipinski definition) is 0. The van der Waals surface area contributed by atoms with Crippen molar-refractivity contribution < 1.29 is 4.79 Å². The molecule has 29 heavy (non-hydrogen) atoms. The number of thiazole rings is 1. The number of piperazine rings is 1. The van der Waals surface area contributed by atoms with Crippen LogP contribution in [0.4, 0.5) is 0 Å². The Morgan fingerprint density at radius 1 is 1.07 bits per heavy atom. The third kappa shape index (κ3) is 5.01. The maximum absolute atomic E-state index is 12.7. The molecule has 0 aliphatic carbocycles. The second-order valence-corrected chi connectivity index (χ2v) is 8.95. The molecule has 1 amide bonds. The molecule has 0 atom stereocenters. The van der Waals surface area contributed by atoms with Gasteiger partial charge in [0.2, 0.25) is 5.91 Å². The molecule has 1 saturated heterocycles. The molecule has 0 radical (unpaired) electrons. The van der Waals surface area contributed by atoms with Crippen molar-refractivity contribution in [3.8, 4) is 0 Å². The van der Waals surface area contributed by atoms with E-state index in [0.717, 1.165) is 43.2 Å². The number of benzene rings is 2. The standard InChI is InChI=1S/C23H28N4OS/c1-18-7-3-4-8-19(18)15-26-11-13-27(14-12-26)23(28)17-25(2)16-22-24-20-9-5-6-10-21(20)29-22/h3-10H,11-17H2,1-2H3. The van der Waals surface area contributed by atoms with Crippen LogP contribution in [-0.4, -0.2) is 65.4 Å². The SMILES string of the molecule is Cc1ccccc1CN1CCN(C(=O)CN(C)Cc2nc3ccccc3s2)CC1. The molecule has 0 spiro atoms. The van der Waals surface area contributed by atoms with Gasteiger partial charge in [0, 0.05) is 32.7 Å². The zero-order valence-electron chi connectivity index (χ0n) is 17.2. The van der Waals surface area contributed by atoms with Gasteiger partial charge in [-0.25, -0.2) is 4.98 Å². The van der Waals surface area contributed by atoms with Gasteiger partial charge in [0.25, 0.3) is 0 Å². The lowest BCUT2D eigenvalue weighted by Gasteiger charge is -2.35. The van der Waals surface area contributed by atoms with Gasteiger partial charge in [-0.3, -0.25) is 14.6 Å². The van der Waals surface area contributed by atoms with Gasteiger partial charge in [0.05, 0.1) is 23.3 Å². The van der Waals surface area contributed by atoms with E-state index in [1.807, 2.05) is 30.1 Å². The second-order valence-electron chi connectivity index (χ2n) is 7.83. The number of nitrogens with zero attached hydrogens (tertiary/aromatic N) is 4. The van der Waals surface area contributed by atoms with Gasteiger partial charge < -0.3 is 4.90 Å². The highest BCUT2D eigenvalue weighted by Crippen LogP contribution is 2.22. The van der Waals surface area contributed by atoms with Crippen LogP contribution >= 0.6 is 11.3 Å². The summed E-state index contributed by atoms with van der Waals surface area (Å²) in [6.07, 6.45) is 0. The van der Waals surface area contributed by atoms with Crippen molar-refractivity contribution in [2.45, 2.75) is 20.0 Å². The number of likely N-dealkylation sites (N-methyl/N-ethyl adjacent to an activating group) is 1. The van der Waals surface area contributed by atoms with Gasteiger partial charge >= 0.3 is 0 Å². The summed E-state index contributed by atoms with van der Waals surface area (Å²) in [5.74, 6) is 0.212. The summed E-state index contributed by atoms with van der Waals surface area (Å²) in [6, 6.07) is 16.7. The molecule has 1 fully saturated rings. The number of aryl methyl sites for hydroxylation is 1. The summed E-state index contributed by atoms with van der Waals surface area (Å²) in [7, 11) is 2.00. The first kappa shape index (κ1) is 20.0. The number of hydrogen-bond acceptors (Lipinski definition) is 5. The first-order valence-corrected chi connectivity index (χ1v) is 11.0. The number of aromatic nitrogens is 1. The quantitative estimate of drug-likeness (QED) is 0.627. The highest BCUT2D eigenvalue weighted by Gasteiger charge is 2.22. The molecule has 0 saturated carbocycles. The van der Waals surface area contributed by atoms with E-state index in [4.69, 9.17) is 0 Å². The molecule has 1 aromatic heterocycles. The minimum absolute atomic E-state index is 0.212. The number of rotatable bonds is 6. The highest BCUT2D eigenvalue weighted by molar-refractivity contribution is 7.18. The highest BCUT2D eigenvalue weighted by atomic mass is 32.1. The lowest BCUT2D eigenvalue weighted by atomic mass is 10.1. The summed E-state index contributed by atoms with van der Waals surface area (Å²) in [5, 5.41) is 1.06. The molecule has 6 heteroatoms. The average Bonchev–Trinajstić information content (AvgIpc) is 3.12. The van der Waals surface area contributed by atoms with Crippen LogP contribution in [0.3, 0.4) is 0 Å². The number of carbonyl (C=O) groups excluding carboxylic acids is 1. The molecule has 0 bridgehead atoms. The van der Waals surface area contributed by atoms with Crippen LogP contribution in [0, 0.1) is 6.92 Å². The molecule has 152 valence electrons. The monoisotopic (exact) mass is 408 g/mol. The number of para-hydroxylation sites is 1. The Balaban J connectivity index is 1.25. The minimum atomic E-state index is 0.212. The molecule has 5 nitrogen and oxygen atoms in total. The summed E-state index contributed by atoms with van der Waals surface area (Å²) in [5.41, 5.74) is 3.75. The largest absolute Gasteiger partial charge is 0.339 e. The normalized spacial score (nSPS) is 15.3. The molecule has 0 N–H and O–H groups in total. The van der Waals surface area contributed by atoms with E-state index in [-0.39, 0.29) is 5.91 Å². The molecule has 0 unspecified atom stereocenters. The molecular weight excluding hydrogens is 380 g/mol. The van der Waals surface area contributed by atoms with E-state index in [0.29, 0.717) is 13.1 Å². The van der Waals surface area contributed by atoms with Gasteiger partial charge in [-0.1, -0.05) is 36.4 Å².